The number of carbonyl (C=O) groups excluding carboxylic acids is 2. The van der Waals surface area contributed by atoms with Crippen molar-refractivity contribution in [2.75, 3.05) is 63.1 Å². The van der Waals surface area contributed by atoms with Gasteiger partial charge in [0.15, 0.2) is 0 Å². The molecule has 2 N–H and O–H groups in total. The molecule has 1 fully saturated rings. The van der Waals surface area contributed by atoms with Gasteiger partial charge in [-0.2, -0.15) is 0 Å². The van der Waals surface area contributed by atoms with Crippen molar-refractivity contribution in [2.45, 2.75) is 27.2 Å². The Balaban J connectivity index is 1.32. The first-order chi connectivity index (χ1) is 15.8. The molecule has 9 nitrogen and oxygen atoms in total. The van der Waals surface area contributed by atoms with E-state index in [1.165, 1.54) is 4.90 Å². The van der Waals surface area contributed by atoms with E-state index in [-0.39, 0.29) is 18.5 Å². The first-order valence-electron chi connectivity index (χ1n) is 11.4. The first kappa shape index (κ1) is 24.4. The number of benzene rings is 1. The Morgan fingerprint density at radius 1 is 1.03 bits per heavy atom. The molecule has 2 heterocycles. The van der Waals surface area contributed by atoms with Crippen LogP contribution in [0.15, 0.2) is 30.6 Å². The van der Waals surface area contributed by atoms with E-state index in [4.69, 9.17) is 0 Å². The van der Waals surface area contributed by atoms with Crippen molar-refractivity contribution in [3.8, 4) is 0 Å². The molecule has 0 aliphatic carbocycles. The molecular weight excluding hydrogens is 418 g/mol. The lowest BCUT2D eigenvalue weighted by molar-refractivity contribution is -0.116. The normalized spacial score (nSPS) is 14.1. The lowest BCUT2D eigenvalue weighted by atomic mass is 10.1. The van der Waals surface area contributed by atoms with Gasteiger partial charge in [0.2, 0.25) is 11.9 Å². The number of nitrogens with one attached hydrogen (secondary N) is 2. The van der Waals surface area contributed by atoms with Gasteiger partial charge in [-0.05, 0) is 50.9 Å². The highest BCUT2D eigenvalue weighted by molar-refractivity contribution is 5.95. The molecule has 0 spiro atoms. The van der Waals surface area contributed by atoms with Crippen molar-refractivity contribution in [2.24, 2.45) is 0 Å². The van der Waals surface area contributed by atoms with E-state index in [9.17, 15) is 9.59 Å². The maximum absolute atomic E-state index is 12.4. The van der Waals surface area contributed by atoms with Crippen LogP contribution in [-0.2, 0) is 4.79 Å². The number of urea groups is 1. The number of amides is 3. The van der Waals surface area contributed by atoms with E-state index in [1.54, 1.807) is 19.4 Å². The number of hydrogen-bond donors (Lipinski definition) is 2. The molecular formula is C24H35N7O2. The fourth-order valence-electron chi connectivity index (χ4n) is 4.10. The van der Waals surface area contributed by atoms with E-state index < -0.39 is 0 Å². The standard InChI is InChI=1S/C24H35N7O2/c1-18-15-19(2)22(20(3)16-18)28-21(32)17-29(4)24(33)27-9-6-10-30-11-13-31(14-12-30)23-25-7-5-8-26-23/h5,7-8,15-16H,6,9-14,17H2,1-4H3,(H,27,33)(H,28,32). The van der Waals surface area contributed by atoms with Crippen LogP contribution >= 0.6 is 0 Å². The molecule has 3 rings (SSSR count). The maximum atomic E-state index is 12.4. The second kappa shape index (κ2) is 11.6. The van der Waals surface area contributed by atoms with E-state index in [1.807, 2.05) is 39.0 Å². The fourth-order valence-corrected chi connectivity index (χ4v) is 4.10. The summed E-state index contributed by atoms with van der Waals surface area (Å²) in [5.41, 5.74) is 4.01. The van der Waals surface area contributed by atoms with Crippen molar-refractivity contribution >= 4 is 23.6 Å². The summed E-state index contributed by atoms with van der Waals surface area (Å²) < 4.78 is 0. The van der Waals surface area contributed by atoms with Crippen LogP contribution in [0.3, 0.4) is 0 Å². The molecule has 0 saturated carbocycles. The summed E-state index contributed by atoms with van der Waals surface area (Å²) in [6, 6.07) is 5.65. The number of likely N-dealkylation sites (N-methyl/N-ethyl adjacent to an activating group) is 1. The summed E-state index contributed by atoms with van der Waals surface area (Å²) in [5, 5.41) is 5.84. The predicted molar refractivity (Wildman–Crippen MR) is 131 cm³/mol. The van der Waals surface area contributed by atoms with E-state index in [0.717, 1.165) is 67.5 Å². The third-order valence-corrected chi connectivity index (χ3v) is 5.80. The second-order valence-electron chi connectivity index (χ2n) is 8.64. The van der Waals surface area contributed by atoms with Crippen LogP contribution in [0.2, 0.25) is 0 Å². The van der Waals surface area contributed by atoms with Gasteiger partial charge < -0.3 is 20.4 Å². The largest absolute Gasteiger partial charge is 0.338 e. The number of hydrogen-bond acceptors (Lipinski definition) is 6. The van der Waals surface area contributed by atoms with Crippen molar-refractivity contribution < 1.29 is 9.59 Å². The number of carbonyl (C=O) groups is 2. The maximum Gasteiger partial charge on any atom is 0.317 e. The van der Waals surface area contributed by atoms with E-state index in [2.05, 4.69) is 30.4 Å². The zero-order valence-electron chi connectivity index (χ0n) is 20.1. The molecule has 0 radical (unpaired) electrons. The molecule has 0 atom stereocenters. The predicted octanol–water partition coefficient (Wildman–Crippen LogP) is 2.19. The summed E-state index contributed by atoms with van der Waals surface area (Å²) in [6.07, 6.45) is 4.39. The SMILES string of the molecule is Cc1cc(C)c(NC(=O)CN(C)C(=O)NCCCN2CCN(c3ncccn3)CC2)c(C)c1. The van der Waals surface area contributed by atoms with Gasteiger partial charge in [-0.1, -0.05) is 17.7 Å². The van der Waals surface area contributed by atoms with Crippen molar-refractivity contribution in [1.82, 2.24) is 25.1 Å². The number of anilines is 2. The third-order valence-electron chi connectivity index (χ3n) is 5.80. The summed E-state index contributed by atoms with van der Waals surface area (Å²) in [7, 11) is 1.63. The van der Waals surface area contributed by atoms with Gasteiger partial charge in [0.1, 0.15) is 6.54 Å². The number of nitrogens with zero attached hydrogens (tertiary/aromatic N) is 5. The minimum absolute atomic E-state index is 0.00209. The lowest BCUT2D eigenvalue weighted by Crippen LogP contribution is -2.48. The molecule has 1 aromatic heterocycles. The first-order valence-corrected chi connectivity index (χ1v) is 11.4. The number of rotatable bonds is 8. The van der Waals surface area contributed by atoms with Crippen LogP contribution in [0.4, 0.5) is 16.4 Å². The average Bonchev–Trinajstić information content (AvgIpc) is 2.80. The Hall–Kier alpha value is -3.20. The minimum Gasteiger partial charge on any atom is -0.338 e. The number of aryl methyl sites for hydroxylation is 3. The van der Waals surface area contributed by atoms with Gasteiger partial charge in [0.05, 0.1) is 0 Å². The molecule has 33 heavy (non-hydrogen) atoms. The topological polar surface area (TPSA) is 93.7 Å². The molecule has 1 saturated heterocycles. The Labute approximate surface area is 196 Å². The zero-order chi connectivity index (χ0) is 23.8. The van der Waals surface area contributed by atoms with Crippen LogP contribution in [0.5, 0.6) is 0 Å². The van der Waals surface area contributed by atoms with Crippen molar-refractivity contribution in [1.29, 1.82) is 0 Å². The third kappa shape index (κ3) is 7.15. The van der Waals surface area contributed by atoms with Crippen LogP contribution < -0.4 is 15.5 Å². The average molecular weight is 454 g/mol. The molecule has 178 valence electrons. The fraction of sp³-hybridized carbons (Fsp3) is 0.500. The van der Waals surface area contributed by atoms with Gasteiger partial charge in [-0.25, -0.2) is 14.8 Å². The van der Waals surface area contributed by atoms with Gasteiger partial charge in [0, 0.05) is 57.9 Å². The Kier molecular flexibility index (Phi) is 8.59. The Bertz CT molecular complexity index is 920. The van der Waals surface area contributed by atoms with E-state index >= 15 is 0 Å². The molecule has 2 aromatic rings. The zero-order valence-corrected chi connectivity index (χ0v) is 20.1. The Morgan fingerprint density at radius 3 is 2.30 bits per heavy atom. The smallest absolute Gasteiger partial charge is 0.317 e. The van der Waals surface area contributed by atoms with Gasteiger partial charge >= 0.3 is 6.03 Å². The highest BCUT2D eigenvalue weighted by atomic mass is 16.2. The van der Waals surface area contributed by atoms with Gasteiger partial charge in [0.25, 0.3) is 0 Å². The highest BCUT2D eigenvalue weighted by Crippen LogP contribution is 2.21. The number of piperazine rings is 1. The quantitative estimate of drug-likeness (QED) is 0.595. The highest BCUT2D eigenvalue weighted by Gasteiger charge is 2.19. The molecule has 0 bridgehead atoms. The summed E-state index contributed by atoms with van der Waals surface area (Å²) in [5.74, 6) is 0.576. The summed E-state index contributed by atoms with van der Waals surface area (Å²) in [6.45, 7) is 11.2. The summed E-state index contributed by atoms with van der Waals surface area (Å²) >= 11 is 0. The molecule has 3 amide bonds. The van der Waals surface area contributed by atoms with Crippen molar-refractivity contribution in [3.05, 3.63) is 47.3 Å². The van der Waals surface area contributed by atoms with E-state index in [0.29, 0.717) is 6.54 Å². The van der Waals surface area contributed by atoms with Crippen LogP contribution in [-0.4, -0.2) is 84.6 Å². The summed E-state index contributed by atoms with van der Waals surface area (Å²) in [4.78, 5) is 39.4. The Morgan fingerprint density at radius 2 is 1.67 bits per heavy atom. The molecule has 1 aliphatic rings. The minimum atomic E-state index is -0.242. The molecule has 1 aliphatic heterocycles. The number of aromatic nitrogens is 2. The van der Waals surface area contributed by atoms with Gasteiger partial charge in [-0.15, -0.1) is 0 Å². The monoisotopic (exact) mass is 453 g/mol. The molecule has 1 aromatic carbocycles. The van der Waals surface area contributed by atoms with Crippen LogP contribution in [0.1, 0.15) is 23.1 Å². The van der Waals surface area contributed by atoms with Crippen LogP contribution in [0.25, 0.3) is 0 Å². The van der Waals surface area contributed by atoms with Crippen molar-refractivity contribution in [3.63, 3.8) is 0 Å². The van der Waals surface area contributed by atoms with Crippen LogP contribution in [0, 0.1) is 20.8 Å². The molecule has 9 heteroatoms. The van der Waals surface area contributed by atoms with Gasteiger partial charge in [-0.3, -0.25) is 9.69 Å². The lowest BCUT2D eigenvalue weighted by Gasteiger charge is -2.34. The second-order valence-corrected chi connectivity index (χ2v) is 8.64. The molecule has 0 unspecified atom stereocenters.